The maximum absolute atomic E-state index is 13.4. The van der Waals surface area contributed by atoms with Gasteiger partial charge in [0.15, 0.2) is 5.69 Å². The van der Waals surface area contributed by atoms with Gasteiger partial charge in [-0.3, -0.25) is 14.2 Å². The monoisotopic (exact) mass is 385 g/mol. The smallest absolute Gasteiger partial charge is 0.356 e. The van der Waals surface area contributed by atoms with Crippen molar-refractivity contribution in [1.82, 2.24) is 19.6 Å². The van der Waals surface area contributed by atoms with Gasteiger partial charge in [0.1, 0.15) is 5.82 Å². The Morgan fingerprint density at radius 1 is 1.21 bits per heavy atom. The van der Waals surface area contributed by atoms with Gasteiger partial charge in [-0.15, -0.1) is 0 Å². The van der Waals surface area contributed by atoms with Crippen LogP contribution < -0.4 is 5.32 Å². The Morgan fingerprint density at radius 3 is 2.68 bits per heavy atom. The Morgan fingerprint density at radius 2 is 2.00 bits per heavy atom. The van der Waals surface area contributed by atoms with Crippen LogP contribution in [0.3, 0.4) is 0 Å². The fourth-order valence-corrected chi connectivity index (χ4v) is 2.86. The first-order valence-corrected chi connectivity index (χ1v) is 8.68. The van der Waals surface area contributed by atoms with Crippen molar-refractivity contribution >= 4 is 17.6 Å². The van der Waals surface area contributed by atoms with Gasteiger partial charge in [-0.2, -0.15) is 10.2 Å². The number of carbonyl (C=O) groups is 2. The van der Waals surface area contributed by atoms with E-state index in [1.165, 1.54) is 29.1 Å². The zero-order valence-corrected chi connectivity index (χ0v) is 15.5. The molecule has 0 bridgehead atoms. The van der Waals surface area contributed by atoms with Crippen LogP contribution in [0.1, 0.15) is 33.9 Å². The Labute approximate surface area is 160 Å². The molecular weight excluding hydrogens is 365 g/mol. The second-order valence-electron chi connectivity index (χ2n) is 6.40. The van der Waals surface area contributed by atoms with Crippen molar-refractivity contribution in [2.24, 2.45) is 0 Å². The number of hydrogen-bond acceptors (Lipinski definition) is 4. The Bertz CT molecular complexity index is 1020. The van der Waals surface area contributed by atoms with Crippen molar-refractivity contribution in [3.63, 3.8) is 0 Å². The molecule has 0 saturated carbocycles. The summed E-state index contributed by atoms with van der Waals surface area (Å²) in [5.41, 5.74) is 2.76. The molecular formula is C19H20FN5O3. The van der Waals surface area contributed by atoms with Crippen molar-refractivity contribution in [2.45, 2.75) is 33.4 Å². The highest BCUT2D eigenvalue weighted by molar-refractivity contribution is 5.91. The van der Waals surface area contributed by atoms with Crippen LogP contribution in [-0.4, -0.2) is 36.5 Å². The molecule has 0 fully saturated rings. The molecule has 9 heteroatoms. The largest absolute Gasteiger partial charge is 0.476 e. The molecule has 0 aliphatic carbocycles. The Kier molecular flexibility index (Phi) is 5.53. The third-order valence-corrected chi connectivity index (χ3v) is 4.30. The van der Waals surface area contributed by atoms with Crippen molar-refractivity contribution in [3.05, 3.63) is 65.0 Å². The first-order valence-electron chi connectivity index (χ1n) is 8.68. The standard InChI is InChI=1S/C19H20FN5O3/c1-12-18(13(2)25(22-12)11-14-4-3-5-15(20)10-14)21-17(26)7-9-24-8-6-16(23-24)19(27)28/h3-6,8,10H,7,9,11H2,1-2H3,(H,21,26)(H,27,28). The average molecular weight is 385 g/mol. The quantitative estimate of drug-likeness (QED) is 0.651. The summed E-state index contributed by atoms with van der Waals surface area (Å²) in [7, 11) is 0. The molecule has 0 aliphatic heterocycles. The number of halogens is 1. The van der Waals surface area contributed by atoms with Gasteiger partial charge in [-0.05, 0) is 37.6 Å². The van der Waals surface area contributed by atoms with E-state index in [0.717, 1.165) is 11.3 Å². The third kappa shape index (κ3) is 4.43. The van der Waals surface area contributed by atoms with Crippen LogP contribution in [-0.2, 0) is 17.9 Å². The molecule has 2 N–H and O–H groups in total. The molecule has 146 valence electrons. The van der Waals surface area contributed by atoms with Gasteiger partial charge in [0.2, 0.25) is 5.91 Å². The molecule has 0 unspecified atom stereocenters. The van der Waals surface area contributed by atoms with Crippen LogP contribution in [0.25, 0.3) is 0 Å². The van der Waals surface area contributed by atoms with Crippen LogP contribution in [0.2, 0.25) is 0 Å². The number of nitrogens with zero attached hydrogens (tertiary/aromatic N) is 4. The van der Waals surface area contributed by atoms with Crippen LogP contribution in [0.5, 0.6) is 0 Å². The Balaban J connectivity index is 1.64. The topological polar surface area (TPSA) is 102 Å². The van der Waals surface area contributed by atoms with Crippen LogP contribution in [0.15, 0.2) is 36.5 Å². The molecule has 0 radical (unpaired) electrons. The minimum absolute atomic E-state index is 0.0641. The molecule has 2 heterocycles. The number of anilines is 1. The fourth-order valence-electron chi connectivity index (χ4n) is 2.86. The average Bonchev–Trinajstić information content (AvgIpc) is 3.21. The van der Waals surface area contributed by atoms with Crippen molar-refractivity contribution in [1.29, 1.82) is 0 Å². The number of benzene rings is 1. The number of rotatable bonds is 7. The fraction of sp³-hybridized carbons (Fsp3) is 0.263. The lowest BCUT2D eigenvalue weighted by Gasteiger charge is -2.08. The summed E-state index contributed by atoms with van der Waals surface area (Å²) >= 11 is 0. The number of aryl methyl sites for hydroxylation is 2. The van der Waals surface area contributed by atoms with E-state index < -0.39 is 5.97 Å². The molecule has 0 spiro atoms. The number of aromatic nitrogens is 4. The predicted octanol–water partition coefficient (Wildman–Crippen LogP) is 2.61. The molecule has 1 amide bonds. The number of nitrogens with one attached hydrogen (secondary N) is 1. The maximum Gasteiger partial charge on any atom is 0.356 e. The summed E-state index contributed by atoms with van der Waals surface area (Å²) < 4.78 is 16.5. The summed E-state index contributed by atoms with van der Waals surface area (Å²) in [5.74, 6) is -1.65. The SMILES string of the molecule is Cc1nn(Cc2cccc(F)c2)c(C)c1NC(=O)CCn1ccc(C(=O)O)n1. The highest BCUT2D eigenvalue weighted by Gasteiger charge is 2.15. The van der Waals surface area contributed by atoms with Gasteiger partial charge >= 0.3 is 5.97 Å². The molecule has 1 aromatic carbocycles. The second-order valence-corrected chi connectivity index (χ2v) is 6.40. The summed E-state index contributed by atoms with van der Waals surface area (Å²) in [4.78, 5) is 23.1. The number of hydrogen-bond donors (Lipinski definition) is 2. The molecule has 8 nitrogen and oxygen atoms in total. The number of aromatic carboxylic acids is 1. The molecule has 0 saturated heterocycles. The van der Waals surface area contributed by atoms with Crippen LogP contribution in [0.4, 0.5) is 10.1 Å². The summed E-state index contributed by atoms with van der Waals surface area (Å²) in [6.07, 6.45) is 1.65. The third-order valence-electron chi connectivity index (χ3n) is 4.30. The zero-order valence-electron chi connectivity index (χ0n) is 15.5. The number of carboxylic acids is 1. The van der Waals surface area contributed by atoms with Crippen molar-refractivity contribution in [2.75, 3.05) is 5.32 Å². The molecule has 0 aliphatic rings. The molecule has 2 aromatic heterocycles. The van der Waals surface area contributed by atoms with Gasteiger partial charge in [-0.25, -0.2) is 9.18 Å². The second kappa shape index (κ2) is 8.03. The van der Waals surface area contributed by atoms with Gasteiger partial charge in [0.25, 0.3) is 0 Å². The molecule has 28 heavy (non-hydrogen) atoms. The first-order chi connectivity index (χ1) is 13.3. The summed E-state index contributed by atoms with van der Waals surface area (Å²) in [6, 6.07) is 7.67. The number of carboxylic acid groups (broad SMARTS) is 1. The van der Waals surface area contributed by atoms with E-state index in [-0.39, 0.29) is 30.4 Å². The van der Waals surface area contributed by atoms with Gasteiger partial charge in [-0.1, -0.05) is 12.1 Å². The predicted molar refractivity (Wildman–Crippen MR) is 99.6 cm³/mol. The van der Waals surface area contributed by atoms with Gasteiger partial charge in [0.05, 0.1) is 23.6 Å². The van der Waals surface area contributed by atoms with E-state index in [1.807, 2.05) is 13.0 Å². The minimum atomic E-state index is -1.11. The summed E-state index contributed by atoms with van der Waals surface area (Å²) in [5, 5.41) is 20.0. The van der Waals surface area contributed by atoms with Crippen LogP contribution in [0, 0.1) is 19.7 Å². The van der Waals surface area contributed by atoms with E-state index in [2.05, 4.69) is 15.5 Å². The van der Waals surface area contributed by atoms with E-state index in [9.17, 15) is 14.0 Å². The van der Waals surface area contributed by atoms with E-state index in [1.54, 1.807) is 17.7 Å². The maximum atomic E-state index is 13.4. The van der Waals surface area contributed by atoms with Crippen molar-refractivity contribution in [3.8, 4) is 0 Å². The van der Waals surface area contributed by atoms with Gasteiger partial charge in [0, 0.05) is 19.2 Å². The summed E-state index contributed by atoms with van der Waals surface area (Å²) in [6.45, 7) is 4.28. The van der Waals surface area contributed by atoms with E-state index in [0.29, 0.717) is 17.9 Å². The minimum Gasteiger partial charge on any atom is -0.476 e. The Hall–Kier alpha value is -3.49. The molecule has 3 aromatic rings. The highest BCUT2D eigenvalue weighted by atomic mass is 19.1. The van der Waals surface area contributed by atoms with E-state index in [4.69, 9.17) is 5.11 Å². The normalized spacial score (nSPS) is 10.8. The van der Waals surface area contributed by atoms with E-state index >= 15 is 0 Å². The highest BCUT2D eigenvalue weighted by Crippen LogP contribution is 2.21. The lowest BCUT2D eigenvalue weighted by Crippen LogP contribution is -2.16. The lowest BCUT2D eigenvalue weighted by atomic mass is 10.2. The molecule has 3 rings (SSSR count). The van der Waals surface area contributed by atoms with Crippen molar-refractivity contribution < 1.29 is 19.1 Å². The number of carbonyl (C=O) groups excluding carboxylic acids is 1. The number of amides is 1. The van der Waals surface area contributed by atoms with Gasteiger partial charge < -0.3 is 10.4 Å². The molecule has 0 atom stereocenters. The zero-order chi connectivity index (χ0) is 20.3. The lowest BCUT2D eigenvalue weighted by molar-refractivity contribution is -0.116. The van der Waals surface area contributed by atoms with Crippen LogP contribution >= 0.6 is 0 Å². The first kappa shape index (κ1) is 19.3.